The van der Waals surface area contributed by atoms with Crippen LogP contribution >= 0.6 is 11.6 Å². The maximum atomic E-state index is 11.8. The Labute approximate surface area is 106 Å². The number of hydrogen-bond donors (Lipinski definition) is 1. The van der Waals surface area contributed by atoms with E-state index in [1.807, 2.05) is 13.8 Å². The summed E-state index contributed by atoms with van der Waals surface area (Å²) in [6, 6.07) is 1.23. The van der Waals surface area contributed by atoms with Crippen molar-refractivity contribution in [1.29, 1.82) is 0 Å². The number of hydrogen-bond acceptors (Lipinski definition) is 4. The summed E-state index contributed by atoms with van der Waals surface area (Å²) >= 11 is 5.83. The largest absolute Gasteiger partial charge is 0.462 e. The molecule has 1 rings (SSSR count). The van der Waals surface area contributed by atoms with Crippen molar-refractivity contribution < 1.29 is 9.53 Å². The second-order valence-electron chi connectivity index (χ2n) is 4.08. The summed E-state index contributed by atoms with van der Waals surface area (Å²) in [5.41, 5.74) is 6.89. The van der Waals surface area contributed by atoms with Crippen LogP contribution in [0.5, 0.6) is 0 Å². The van der Waals surface area contributed by atoms with Gasteiger partial charge in [-0.2, -0.15) is 0 Å². The van der Waals surface area contributed by atoms with Gasteiger partial charge in [-0.1, -0.05) is 25.4 Å². The number of aromatic nitrogens is 1. The van der Waals surface area contributed by atoms with E-state index in [-0.39, 0.29) is 12.0 Å². The molecule has 0 radical (unpaired) electrons. The maximum absolute atomic E-state index is 11.8. The molecular weight excluding hydrogens is 240 g/mol. The molecule has 0 saturated heterocycles. The Balaban J connectivity index is 3.16. The van der Waals surface area contributed by atoms with Gasteiger partial charge in [-0.15, -0.1) is 0 Å². The van der Waals surface area contributed by atoms with Crippen LogP contribution in [0.3, 0.4) is 0 Å². The highest BCUT2D eigenvalue weighted by atomic mass is 35.5. The Morgan fingerprint density at radius 3 is 2.76 bits per heavy atom. The predicted molar refractivity (Wildman–Crippen MR) is 67.0 cm³/mol. The van der Waals surface area contributed by atoms with Gasteiger partial charge in [0.15, 0.2) is 0 Å². The Hall–Kier alpha value is -1.13. The molecule has 0 fully saturated rings. The highest BCUT2D eigenvalue weighted by molar-refractivity contribution is 6.30. The van der Waals surface area contributed by atoms with Crippen molar-refractivity contribution in [3.8, 4) is 0 Å². The van der Waals surface area contributed by atoms with Crippen molar-refractivity contribution in [2.75, 3.05) is 6.61 Å². The van der Waals surface area contributed by atoms with Crippen molar-refractivity contribution in [2.45, 2.75) is 26.8 Å². The minimum atomic E-state index is -0.436. The maximum Gasteiger partial charge on any atom is 0.340 e. The van der Waals surface area contributed by atoms with Gasteiger partial charge >= 0.3 is 5.97 Å². The van der Waals surface area contributed by atoms with E-state index < -0.39 is 5.97 Å². The number of pyridine rings is 1. The third-order valence-electron chi connectivity index (χ3n) is 2.41. The van der Waals surface area contributed by atoms with Gasteiger partial charge in [0.05, 0.1) is 28.9 Å². The number of rotatable bonds is 4. The third kappa shape index (κ3) is 3.41. The molecular formula is C12H17ClN2O2. The van der Waals surface area contributed by atoms with Crippen molar-refractivity contribution in [1.82, 2.24) is 4.98 Å². The predicted octanol–water partition coefficient (Wildman–Crippen LogP) is 2.57. The molecule has 0 aliphatic carbocycles. The fraction of sp³-hybridized carbons (Fsp3) is 0.500. The number of nitrogens with zero attached hydrogens (tertiary/aromatic N) is 1. The molecule has 94 valence electrons. The summed E-state index contributed by atoms with van der Waals surface area (Å²) < 4.78 is 4.96. The van der Waals surface area contributed by atoms with E-state index >= 15 is 0 Å². The fourth-order valence-corrected chi connectivity index (χ4v) is 1.56. The average Bonchev–Trinajstić information content (AvgIpc) is 2.28. The molecule has 5 heteroatoms. The van der Waals surface area contributed by atoms with E-state index in [2.05, 4.69) is 4.98 Å². The summed E-state index contributed by atoms with van der Waals surface area (Å²) in [5, 5.41) is 0.396. The number of ether oxygens (including phenoxy) is 1. The minimum Gasteiger partial charge on any atom is -0.462 e. The highest BCUT2D eigenvalue weighted by Gasteiger charge is 2.21. The summed E-state index contributed by atoms with van der Waals surface area (Å²) in [6.07, 6.45) is 1.49. The van der Waals surface area contributed by atoms with E-state index in [1.165, 1.54) is 6.20 Å². The molecule has 2 N–H and O–H groups in total. The minimum absolute atomic E-state index is 0.178. The van der Waals surface area contributed by atoms with Crippen LogP contribution in [0.1, 0.15) is 42.9 Å². The van der Waals surface area contributed by atoms with Gasteiger partial charge in [0, 0.05) is 6.20 Å². The summed E-state index contributed by atoms with van der Waals surface area (Å²) in [5.74, 6) is -0.259. The number of carbonyl (C=O) groups excluding carboxylic acids is 1. The third-order valence-corrected chi connectivity index (χ3v) is 2.62. The first-order chi connectivity index (χ1) is 7.97. The fourth-order valence-electron chi connectivity index (χ4n) is 1.40. The lowest BCUT2D eigenvalue weighted by molar-refractivity contribution is 0.0523. The first-order valence-electron chi connectivity index (χ1n) is 5.55. The van der Waals surface area contributed by atoms with Gasteiger partial charge in [0.25, 0.3) is 0 Å². The molecule has 0 aliphatic heterocycles. The van der Waals surface area contributed by atoms with Crippen LogP contribution in [0.2, 0.25) is 5.02 Å². The summed E-state index contributed by atoms with van der Waals surface area (Å²) in [7, 11) is 0. The van der Waals surface area contributed by atoms with E-state index in [0.29, 0.717) is 22.9 Å². The van der Waals surface area contributed by atoms with Crippen LogP contribution in [0.4, 0.5) is 0 Å². The van der Waals surface area contributed by atoms with Gasteiger partial charge in [-0.25, -0.2) is 4.79 Å². The smallest absolute Gasteiger partial charge is 0.340 e. The van der Waals surface area contributed by atoms with Gasteiger partial charge in [0.2, 0.25) is 0 Å². The van der Waals surface area contributed by atoms with Crippen molar-refractivity contribution >= 4 is 17.6 Å². The Bertz CT molecular complexity index is 407. The van der Waals surface area contributed by atoms with E-state index in [0.717, 1.165) is 0 Å². The lowest BCUT2D eigenvalue weighted by atomic mass is 9.98. The molecule has 0 aliphatic rings. The van der Waals surface area contributed by atoms with E-state index in [9.17, 15) is 4.79 Å². The van der Waals surface area contributed by atoms with Crippen LogP contribution in [0, 0.1) is 5.92 Å². The quantitative estimate of drug-likeness (QED) is 0.841. The van der Waals surface area contributed by atoms with Crippen LogP contribution in [0.15, 0.2) is 12.3 Å². The van der Waals surface area contributed by atoms with Crippen LogP contribution < -0.4 is 5.73 Å². The zero-order chi connectivity index (χ0) is 13.0. The molecule has 0 saturated carbocycles. The summed E-state index contributed by atoms with van der Waals surface area (Å²) in [4.78, 5) is 15.9. The first kappa shape index (κ1) is 13.9. The number of carbonyl (C=O) groups is 1. The molecule has 0 bridgehead atoms. The molecule has 17 heavy (non-hydrogen) atoms. The summed E-state index contributed by atoms with van der Waals surface area (Å²) in [6.45, 7) is 5.99. The topological polar surface area (TPSA) is 65.2 Å². The SMILES string of the molecule is CCOC(=O)c1cc(Cl)cnc1[C@@H](N)C(C)C. The van der Waals surface area contributed by atoms with E-state index in [1.54, 1.807) is 13.0 Å². The second-order valence-corrected chi connectivity index (χ2v) is 4.51. The molecule has 0 unspecified atom stereocenters. The monoisotopic (exact) mass is 256 g/mol. The number of esters is 1. The zero-order valence-electron chi connectivity index (χ0n) is 10.2. The first-order valence-corrected chi connectivity index (χ1v) is 5.93. The van der Waals surface area contributed by atoms with E-state index in [4.69, 9.17) is 22.1 Å². The standard InChI is InChI=1S/C12H17ClN2O2/c1-4-17-12(16)9-5-8(13)6-15-11(9)10(14)7(2)3/h5-7,10H,4,14H2,1-3H3/t10-/m0/s1. The Morgan fingerprint density at radius 2 is 2.24 bits per heavy atom. The molecule has 0 aromatic carbocycles. The van der Waals surface area contributed by atoms with Crippen molar-refractivity contribution in [3.63, 3.8) is 0 Å². The number of halogens is 1. The van der Waals surface area contributed by atoms with Crippen molar-refractivity contribution in [3.05, 3.63) is 28.5 Å². The normalized spacial score (nSPS) is 12.6. The molecule has 0 amide bonds. The van der Waals surface area contributed by atoms with Crippen LogP contribution in [-0.4, -0.2) is 17.6 Å². The Morgan fingerprint density at radius 1 is 1.59 bits per heavy atom. The van der Waals surface area contributed by atoms with Crippen LogP contribution in [0.25, 0.3) is 0 Å². The molecule has 0 spiro atoms. The van der Waals surface area contributed by atoms with Gasteiger partial charge in [-0.3, -0.25) is 4.98 Å². The number of nitrogens with two attached hydrogens (primary N) is 1. The highest BCUT2D eigenvalue weighted by Crippen LogP contribution is 2.23. The molecule has 1 heterocycles. The zero-order valence-corrected chi connectivity index (χ0v) is 11.0. The molecule has 4 nitrogen and oxygen atoms in total. The van der Waals surface area contributed by atoms with Crippen molar-refractivity contribution in [2.24, 2.45) is 11.7 Å². The molecule has 1 aromatic rings. The Kier molecular flexibility index (Phi) is 4.90. The van der Waals surface area contributed by atoms with Crippen LogP contribution in [-0.2, 0) is 4.74 Å². The lowest BCUT2D eigenvalue weighted by Gasteiger charge is -2.17. The van der Waals surface area contributed by atoms with Gasteiger partial charge in [-0.05, 0) is 18.9 Å². The molecule has 1 aromatic heterocycles. The molecule has 1 atom stereocenters. The lowest BCUT2D eigenvalue weighted by Crippen LogP contribution is -2.22. The average molecular weight is 257 g/mol. The van der Waals surface area contributed by atoms with Gasteiger partial charge in [0.1, 0.15) is 0 Å². The van der Waals surface area contributed by atoms with Gasteiger partial charge < -0.3 is 10.5 Å². The second kappa shape index (κ2) is 5.98.